The van der Waals surface area contributed by atoms with Crippen LogP contribution < -0.4 is 10.1 Å². The summed E-state index contributed by atoms with van der Waals surface area (Å²) in [5.41, 5.74) is 0.911. The lowest BCUT2D eigenvalue weighted by molar-refractivity contribution is 0.245. The van der Waals surface area contributed by atoms with Gasteiger partial charge in [0.1, 0.15) is 11.5 Å². The van der Waals surface area contributed by atoms with E-state index in [0.29, 0.717) is 18.0 Å². The number of hydrogen-bond acceptors (Lipinski definition) is 4. The molecule has 0 bridgehead atoms. The van der Waals surface area contributed by atoms with Crippen LogP contribution in [0.4, 0.5) is 0 Å². The van der Waals surface area contributed by atoms with Crippen LogP contribution in [0, 0.1) is 0 Å². The Hall–Kier alpha value is -1.26. The van der Waals surface area contributed by atoms with Crippen molar-refractivity contribution in [3.8, 4) is 11.5 Å². The molecule has 2 rings (SSSR count). The van der Waals surface area contributed by atoms with Crippen molar-refractivity contribution < 1.29 is 9.84 Å². The minimum atomic E-state index is 0.293. The summed E-state index contributed by atoms with van der Waals surface area (Å²) >= 11 is 0. The normalized spacial score (nSPS) is 15.9. The molecular formula is C16H26N2O2. The standard InChI is InChI=1S/C16H26N2O2/c1-18(14-5-3-4-6-14)10-9-17-12-13-7-8-15(20-2)11-16(13)19/h7-8,11,14,17,19H,3-6,9-10,12H2,1-2H3. The number of nitrogens with one attached hydrogen (secondary N) is 1. The fourth-order valence-electron chi connectivity index (χ4n) is 2.83. The SMILES string of the molecule is COc1ccc(CNCCN(C)C2CCCC2)c(O)c1. The van der Waals surface area contributed by atoms with E-state index in [0.717, 1.165) is 24.7 Å². The van der Waals surface area contributed by atoms with Crippen LogP contribution in [-0.2, 0) is 6.54 Å². The Morgan fingerprint density at radius 1 is 1.35 bits per heavy atom. The van der Waals surface area contributed by atoms with Gasteiger partial charge in [-0.25, -0.2) is 0 Å². The third-order valence-electron chi connectivity index (χ3n) is 4.20. The van der Waals surface area contributed by atoms with E-state index in [4.69, 9.17) is 4.74 Å². The van der Waals surface area contributed by atoms with Crippen molar-refractivity contribution >= 4 is 0 Å². The number of nitrogens with zero attached hydrogens (tertiary/aromatic N) is 1. The van der Waals surface area contributed by atoms with Crippen LogP contribution in [0.5, 0.6) is 11.5 Å². The van der Waals surface area contributed by atoms with Crippen LogP contribution in [0.25, 0.3) is 0 Å². The molecule has 0 aliphatic heterocycles. The van der Waals surface area contributed by atoms with Gasteiger partial charge >= 0.3 is 0 Å². The van der Waals surface area contributed by atoms with Crippen LogP contribution in [0.2, 0.25) is 0 Å². The molecule has 0 heterocycles. The zero-order chi connectivity index (χ0) is 14.4. The highest BCUT2D eigenvalue weighted by molar-refractivity contribution is 5.39. The first-order valence-corrected chi connectivity index (χ1v) is 7.47. The molecule has 4 nitrogen and oxygen atoms in total. The quantitative estimate of drug-likeness (QED) is 0.752. The topological polar surface area (TPSA) is 44.7 Å². The molecular weight excluding hydrogens is 252 g/mol. The van der Waals surface area contributed by atoms with Crippen LogP contribution >= 0.6 is 0 Å². The minimum absolute atomic E-state index is 0.293. The van der Waals surface area contributed by atoms with Crippen molar-refractivity contribution in [3.63, 3.8) is 0 Å². The van der Waals surface area contributed by atoms with E-state index in [1.165, 1.54) is 25.7 Å². The maximum Gasteiger partial charge on any atom is 0.123 e. The van der Waals surface area contributed by atoms with Crippen LogP contribution in [0.3, 0.4) is 0 Å². The van der Waals surface area contributed by atoms with Gasteiger partial charge in [-0.3, -0.25) is 0 Å². The Balaban J connectivity index is 1.70. The van der Waals surface area contributed by atoms with E-state index in [1.54, 1.807) is 13.2 Å². The van der Waals surface area contributed by atoms with Crippen molar-refractivity contribution in [2.24, 2.45) is 0 Å². The summed E-state index contributed by atoms with van der Waals surface area (Å²) in [5.74, 6) is 0.980. The highest BCUT2D eigenvalue weighted by Crippen LogP contribution is 2.23. The Morgan fingerprint density at radius 3 is 2.75 bits per heavy atom. The van der Waals surface area contributed by atoms with Gasteiger partial charge in [0.2, 0.25) is 0 Å². The van der Waals surface area contributed by atoms with E-state index in [9.17, 15) is 5.11 Å². The molecule has 0 amide bonds. The number of phenols is 1. The van der Waals surface area contributed by atoms with Crippen molar-refractivity contribution in [1.29, 1.82) is 0 Å². The van der Waals surface area contributed by atoms with Gasteiger partial charge in [0, 0.05) is 37.3 Å². The molecule has 1 fully saturated rings. The first-order chi connectivity index (χ1) is 9.70. The summed E-state index contributed by atoms with van der Waals surface area (Å²) in [6, 6.07) is 6.21. The lowest BCUT2D eigenvalue weighted by atomic mass is 10.2. The van der Waals surface area contributed by atoms with Crippen molar-refractivity contribution in [1.82, 2.24) is 10.2 Å². The maximum absolute atomic E-state index is 9.87. The van der Waals surface area contributed by atoms with Gasteiger partial charge in [-0.15, -0.1) is 0 Å². The predicted octanol–water partition coefficient (Wildman–Crippen LogP) is 2.36. The predicted molar refractivity (Wildman–Crippen MR) is 81.3 cm³/mol. The first-order valence-electron chi connectivity index (χ1n) is 7.47. The number of likely N-dealkylation sites (N-methyl/N-ethyl adjacent to an activating group) is 1. The first kappa shape index (κ1) is 15.1. The van der Waals surface area contributed by atoms with Crippen molar-refractivity contribution in [3.05, 3.63) is 23.8 Å². The third-order valence-corrected chi connectivity index (χ3v) is 4.20. The summed E-state index contributed by atoms with van der Waals surface area (Å²) < 4.78 is 5.08. The fourth-order valence-corrected chi connectivity index (χ4v) is 2.83. The lowest BCUT2D eigenvalue weighted by Gasteiger charge is -2.24. The highest BCUT2D eigenvalue weighted by Gasteiger charge is 2.18. The van der Waals surface area contributed by atoms with Gasteiger partial charge in [0.05, 0.1) is 7.11 Å². The zero-order valence-corrected chi connectivity index (χ0v) is 12.6. The summed E-state index contributed by atoms with van der Waals surface area (Å²) in [7, 11) is 3.81. The molecule has 0 unspecified atom stereocenters. The van der Waals surface area contributed by atoms with Gasteiger partial charge in [-0.05, 0) is 26.0 Å². The molecule has 0 saturated heterocycles. The molecule has 0 atom stereocenters. The number of methoxy groups -OCH3 is 1. The molecule has 0 spiro atoms. The number of phenolic OH excluding ortho intramolecular Hbond substituents is 1. The molecule has 1 saturated carbocycles. The van der Waals surface area contributed by atoms with E-state index < -0.39 is 0 Å². The van der Waals surface area contributed by atoms with Crippen molar-refractivity contribution in [2.45, 2.75) is 38.3 Å². The van der Waals surface area contributed by atoms with E-state index in [2.05, 4.69) is 17.3 Å². The van der Waals surface area contributed by atoms with Crippen LogP contribution in [0.15, 0.2) is 18.2 Å². The second-order valence-electron chi connectivity index (χ2n) is 5.59. The highest BCUT2D eigenvalue weighted by atomic mass is 16.5. The Kier molecular flexibility index (Phi) is 5.68. The molecule has 0 aromatic heterocycles. The number of benzene rings is 1. The molecule has 112 valence electrons. The summed E-state index contributed by atoms with van der Waals surface area (Å²) in [5, 5.41) is 13.3. The molecule has 1 aliphatic rings. The average molecular weight is 278 g/mol. The molecule has 2 N–H and O–H groups in total. The van der Waals surface area contributed by atoms with Gasteiger partial charge in [0.25, 0.3) is 0 Å². The van der Waals surface area contributed by atoms with Gasteiger partial charge < -0.3 is 20.1 Å². The molecule has 1 aromatic carbocycles. The minimum Gasteiger partial charge on any atom is -0.507 e. The second-order valence-corrected chi connectivity index (χ2v) is 5.59. The third kappa shape index (κ3) is 4.12. The smallest absolute Gasteiger partial charge is 0.123 e. The van der Waals surface area contributed by atoms with Gasteiger partial charge in [-0.1, -0.05) is 18.9 Å². The van der Waals surface area contributed by atoms with Crippen LogP contribution in [-0.4, -0.2) is 43.3 Å². The summed E-state index contributed by atoms with van der Waals surface area (Å²) in [6.45, 7) is 2.69. The average Bonchev–Trinajstić information content (AvgIpc) is 2.98. The van der Waals surface area contributed by atoms with Gasteiger partial charge in [0.15, 0.2) is 0 Å². The second kappa shape index (κ2) is 7.50. The summed E-state index contributed by atoms with van der Waals surface area (Å²) in [4.78, 5) is 2.45. The molecule has 1 aliphatic carbocycles. The monoisotopic (exact) mass is 278 g/mol. The zero-order valence-electron chi connectivity index (χ0n) is 12.6. The molecule has 4 heteroatoms. The number of aromatic hydroxyl groups is 1. The number of ether oxygens (including phenoxy) is 1. The van der Waals surface area contributed by atoms with E-state index >= 15 is 0 Å². The molecule has 0 radical (unpaired) electrons. The Morgan fingerprint density at radius 2 is 2.10 bits per heavy atom. The van der Waals surface area contributed by atoms with Crippen LogP contribution in [0.1, 0.15) is 31.2 Å². The fraction of sp³-hybridized carbons (Fsp3) is 0.625. The Bertz CT molecular complexity index is 417. The Labute approximate surface area is 121 Å². The molecule has 20 heavy (non-hydrogen) atoms. The van der Waals surface area contributed by atoms with Gasteiger partial charge in [-0.2, -0.15) is 0 Å². The number of rotatable bonds is 7. The van der Waals surface area contributed by atoms with E-state index in [-0.39, 0.29) is 0 Å². The van der Waals surface area contributed by atoms with Crippen molar-refractivity contribution in [2.75, 3.05) is 27.2 Å². The lowest BCUT2D eigenvalue weighted by Crippen LogP contribution is -2.35. The van der Waals surface area contributed by atoms with E-state index in [1.807, 2.05) is 12.1 Å². The largest absolute Gasteiger partial charge is 0.507 e. The molecule has 1 aromatic rings. The summed E-state index contributed by atoms with van der Waals surface area (Å²) in [6.07, 6.45) is 5.44. The number of hydrogen-bond donors (Lipinski definition) is 2. The maximum atomic E-state index is 9.87.